The van der Waals surface area contributed by atoms with E-state index in [0.717, 1.165) is 17.4 Å². The topological polar surface area (TPSA) is 75.7 Å². The van der Waals surface area contributed by atoms with E-state index in [1.165, 1.54) is 11.4 Å². The lowest BCUT2D eigenvalue weighted by Crippen LogP contribution is -2.47. The fourth-order valence-corrected chi connectivity index (χ4v) is 4.50. The Bertz CT molecular complexity index is 956. The summed E-state index contributed by atoms with van der Waals surface area (Å²) in [4.78, 5) is 13.0. The molecule has 1 N–H and O–H groups in total. The summed E-state index contributed by atoms with van der Waals surface area (Å²) < 4.78 is 31.6. The number of ether oxygens (including phenoxy) is 1. The number of halogens is 1. The maximum absolute atomic E-state index is 13.0. The summed E-state index contributed by atoms with van der Waals surface area (Å²) in [5.41, 5.74) is 2.67. The SMILES string of the molecule is CC[C@H](C(=O)Nc1cc(Cl)ccc1OC)N(c1cc(C)cc(C)c1)S(C)(=O)=O. The molecule has 2 aromatic carbocycles. The van der Waals surface area contributed by atoms with E-state index in [2.05, 4.69) is 5.32 Å². The fourth-order valence-electron chi connectivity index (χ4n) is 3.13. The maximum Gasteiger partial charge on any atom is 0.248 e. The summed E-state index contributed by atoms with van der Waals surface area (Å²) in [5, 5.41) is 3.18. The number of rotatable bonds is 7. The van der Waals surface area contributed by atoms with Crippen molar-refractivity contribution in [3.05, 3.63) is 52.5 Å². The van der Waals surface area contributed by atoms with Gasteiger partial charge in [0.05, 0.1) is 24.7 Å². The average molecular weight is 425 g/mol. The van der Waals surface area contributed by atoms with Gasteiger partial charge in [-0.3, -0.25) is 9.10 Å². The summed E-state index contributed by atoms with van der Waals surface area (Å²) >= 11 is 6.02. The zero-order valence-corrected chi connectivity index (χ0v) is 18.2. The zero-order valence-electron chi connectivity index (χ0n) is 16.6. The highest BCUT2D eigenvalue weighted by atomic mass is 35.5. The average Bonchev–Trinajstić information content (AvgIpc) is 2.57. The van der Waals surface area contributed by atoms with Crippen LogP contribution in [0.5, 0.6) is 5.75 Å². The molecule has 152 valence electrons. The van der Waals surface area contributed by atoms with Crippen molar-refractivity contribution in [2.45, 2.75) is 33.2 Å². The van der Waals surface area contributed by atoms with Crippen LogP contribution in [0, 0.1) is 13.8 Å². The largest absolute Gasteiger partial charge is 0.495 e. The summed E-state index contributed by atoms with van der Waals surface area (Å²) in [6.45, 7) is 5.53. The summed E-state index contributed by atoms with van der Waals surface area (Å²) in [6, 6.07) is 9.37. The van der Waals surface area contributed by atoms with Gasteiger partial charge in [-0.2, -0.15) is 0 Å². The Morgan fingerprint density at radius 3 is 2.29 bits per heavy atom. The van der Waals surface area contributed by atoms with E-state index in [1.807, 2.05) is 19.9 Å². The van der Waals surface area contributed by atoms with Crippen LogP contribution in [0.1, 0.15) is 24.5 Å². The van der Waals surface area contributed by atoms with Crippen LogP contribution in [0.15, 0.2) is 36.4 Å². The number of amides is 1. The third-order valence-corrected chi connectivity index (χ3v) is 5.63. The number of anilines is 2. The predicted octanol–water partition coefficient (Wildman–Crippen LogP) is 4.15. The quantitative estimate of drug-likeness (QED) is 0.724. The molecule has 0 spiro atoms. The molecule has 0 unspecified atom stereocenters. The van der Waals surface area contributed by atoms with Crippen LogP contribution < -0.4 is 14.4 Å². The van der Waals surface area contributed by atoms with E-state index in [4.69, 9.17) is 16.3 Å². The lowest BCUT2D eigenvalue weighted by atomic mass is 10.1. The van der Waals surface area contributed by atoms with Crippen LogP contribution in [-0.2, 0) is 14.8 Å². The number of hydrogen-bond donors (Lipinski definition) is 1. The number of methoxy groups -OCH3 is 1. The second kappa shape index (κ2) is 8.84. The molecule has 8 heteroatoms. The monoisotopic (exact) mass is 424 g/mol. The van der Waals surface area contributed by atoms with Gasteiger partial charge in [-0.1, -0.05) is 24.6 Å². The Kier molecular flexibility index (Phi) is 6.96. The van der Waals surface area contributed by atoms with Crippen molar-refractivity contribution < 1.29 is 17.9 Å². The number of carbonyl (C=O) groups is 1. The van der Waals surface area contributed by atoms with Crippen molar-refractivity contribution in [2.75, 3.05) is 23.0 Å². The van der Waals surface area contributed by atoms with E-state index < -0.39 is 22.0 Å². The fraction of sp³-hybridized carbons (Fsp3) is 0.350. The van der Waals surface area contributed by atoms with Gasteiger partial charge in [-0.25, -0.2) is 8.42 Å². The van der Waals surface area contributed by atoms with Crippen LogP contribution in [0.25, 0.3) is 0 Å². The third-order valence-electron chi connectivity index (χ3n) is 4.21. The number of hydrogen-bond acceptors (Lipinski definition) is 4. The van der Waals surface area contributed by atoms with Crippen LogP contribution >= 0.6 is 11.6 Å². The molecule has 0 radical (unpaired) electrons. The molecular formula is C20H25ClN2O4S. The zero-order chi connectivity index (χ0) is 21.1. The standard InChI is InChI=1S/C20H25ClN2O4S/c1-6-18(20(24)22-17-12-15(21)7-8-19(17)27-4)23(28(5,25)26)16-10-13(2)9-14(3)11-16/h7-12,18H,6H2,1-5H3,(H,22,24)/t18-/m1/s1. The van der Waals surface area contributed by atoms with Crippen molar-refractivity contribution >= 4 is 38.9 Å². The molecule has 0 saturated carbocycles. The first-order chi connectivity index (χ1) is 13.1. The van der Waals surface area contributed by atoms with Gasteiger partial charge in [-0.15, -0.1) is 0 Å². The van der Waals surface area contributed by atoms with Gasteiger partial charge in [0.1, 0.15) is 11.8 Å². The molecular weight excluding hydrogens is 400 g/mol. The lowest BCUT2D eigenvalue weighted by Gasteiger charge is -2.30. The molecule has 1 atom stereocenters. The number of nitrogens with one attached hydrogen (secondary N) is 1. The molecule has 6 nitrogen and oxygen atoms in total. The minimum absolute atomic E-state index is 0.286. The first-order valence-electron chi connectivity index (χ1n) is 8.79. The number of benzene rings is 2. The molecule has 0 aliphatic carbocycles. The van der Waals surface area contributed by atoms with Crippen molar-refractivity contribution in [1.82, 2.24) is 0 Å². The van der Waals surface area contributed by atoms with E-state index in [9.17, 15) is 13.2 Å². The second-order valence-corrected chi connectivity index (χ2v) is 8.96. The predicted molar refractivity (Wildman–Crippen MR) is 114 cm³/mol. The first kappa shape index (κ1) is 22.0. The molecule has 0 aliphatic rings. The first-order valence-corrected chi connectivity index (χ1v) is 11.0. The molecule has 0 heterocycles. The Balaban J connectivity index is 2.47. The third kappa shape index (κ3) is 5.17. The Morgan fingerprint density at radius 1 is 1.18 bits per heavy atom. The van der Waals surface area contributed by atoms with E-state index >= 15 is 0 Å². The molecule has 0 bridgehead atoms. The smallest absolute Gasteiger partial charge is 0.248 e. The molecule has 1 amide bonds. The van der Waals surface area contributed by atoms with Gasteiger partial charge in [0.25, 0.3) is 0 Å². The number of sulfonamides is 1. The Hall–Kier alpha value is -2.25. The van der Waals surface area contributed by atoms with E-state index in [-0.39, 0.29) is 6.42 Å². The highest BCUT2D eigenvalue weighted by Gasteiger charge is 2.32. The molecule has 0 aliphatic heterocycles. The highest BCUT2D eigenvalue weighted by molar-refractivity contribution is 7.92. The highest BCUT2D eigenvalue weighted by Crippen LogP contribution is 2.30. The lowest BCUT2D eigenvalue weighted by molar-refractivity contribution is -0.117. The summed E-state index contributed by atoms with van der Waals surface area (Å²) in [7, 11) is -2.23. The van der Waals surface area contributed by atoms with Gasteiger partial charge >= 0.3 is 0 Å². The number of aryl methyl sites for hydroxylation is 2. The van der Waals surface area contributed by atoms with Crippen LogP contribution in [0.3, 0.4) is 0 Å². The number of carbonyl (C=O) groups excluding carboxylic acids is 1. The Labute approximate surface area is 171 Å². The van der Waals surface area contributed by atoms with E-state index in [1.54, 1.807) is 37.3 Å². The van der Waals surface area contributed by atoms with E-state index in [0.29, 0.717) is 22.1 Å². The Morgan fingerprint density at radius 2 is 1.79 bits per heavy atom. The summed E-state index contributed by atoms with van der Waals surface area (Å²) in [6.07, 6.45) is 1.38. The summed E-state index contributed by atoms with van der Waals surface area (Å²) in [5.74, 6) is -0.0300. The van der Waals surface area contributed by atoms with Gasteiger partial charge in [0, 0.05) is 5.02 Å². The van der Waals surface area contributed by atoms with Gasteiger partial charge in [0.15, 0.2) is 0 Å². The molecule has 0 saturated heterocycles. The van der Waals surface area contributed by atoms with Crippen molar-refractivity contribution in [2.24, 2.45) is 0 Å². The normalized spacial score (nSPS) is 12.4. The molecule has 0 aromatic heterocycles. The van der Waals surface area contributed by atoms with Gasteiger partial charge in [0.2, 0.25) is 15.9 Å². The van der Waals surface area contributed by atoms with Crippen molar-refractivity contribution in [3.8, 4) is 5.75 Å². The minimum Gasteiger partial charge on any atom is -0.495 e. The van der Waals surface area contributed by atoms with Crippen LogP contribution in [-0.4, -0.2) is 33.7 Å². The molecule has 28 heavy (non-hydrogen) atoms. The van der Waals surface area contributed by atoms with Crippen LogP contribution in [0.4, 0.5) is 11.4 Å². The maximum atomic E-state index is 13.0. The van der Waals surface area contributed by atoms with Gasteiger partial charge in [-0.05, 0) is 61.7 Å². The van der Waals surface area contributed by atoms with Crippen molar-refractivity contribution in [1.29, 1.82) is 0 Å². The molecule has 2 rings (SSSR count). The number of nitrogens with zero attached hydrogens (tertiary/aromatic N) is 1. The van der Waals surface area contributed by atoms with Crippen LogP contribution in [0.2, 0.25) is 5.02 Å². The molecule has 0 fully saturated rings. The van der Waals surface area contributed by atoms with Gasteiger partial charge < -0.3 is 10.1 Å². The molecule has 2 aromatic rings. The van der Waals surface area contributed by atoms with Crippen molar-refractivity contribution in [3.63, 3.8) is 0 Å². The minimum atomic E-state index is -3.71. The second-order valence-electron chi connectivity index (χ2n) is 6.66.